The van der Waals surface area contributed by atoms with E-state index >= 15 is 0 Å². The molecule has 1 fully saturated rings. The Morgan fingerprint density at radius 1 is 1.22 bits per heavy atom. The Morgan fingerprint density at radius 2 is 2.03 bits per heavy atom. The summed E-state index contributed by atoms with van der Waals surface area (Å²) in [6.07, 6.45) is 2.38. The molecule has 1 aromatic heterocycles. The average molecular weight is 536 g/mol. The van der Waals surface area contributed by atoms with Crippen LogP contribution >= 0.6 is 57.7 Å². The quantitative estimate of drug-likeness (QED) is 0.469. The molecule has 0 radical (unpaired) electrons. The fourth-order valence-corrected chi connectivity index (χ4v) is 5.99. The van der Waals surface area contributed by atoms with Crippen LogP contribution in [0, 0.1) is 0 Å². The number of thiophene rings is 1. The molecule has 2 aliphatic heterocycles. The first-order valence-corrected chi connectivity index (χ1v) is 12.8. The second-order valence-electron chi connectivity index (χ2n) is 7.86. The van der Waals surface area contributed by atoms with E-state index in [1.165, 1.54) is 9.78 Å². The van der Waals surface area contributed by atoms with E-state index in [1.807, 2.05) is 17.5 Å². The summed E-state index contributed by atoms with van der Waals surface area (Å²) in [5.74, 6) is -0.690. The molecule has 2 amide bonds. The van der Waals surface area contributed by atoms with Crippen LogP contribution in [0.3, 0.4) is 0 Å². The summed E-state index contributed by atoms with van der Waals surface area (Å²) in [6, 6.07) is 6.97. The first kappa shape index (κ1) is 24.1. The molecule has 2 atom stereocenters. The maximum atomic E-state index is 13.5. The van der Waals surface area contributed by atoms with Gasteiger partial charge < -0.3 is 14.5 Å². The van der Waals surface area contributed by atoms with Gasteiger partial charge in [-0.3, -0.25) is 9.59 Å². The fourth-order valence-electron chi connectivity index (χ4n) is 4.30. The zero-order valence-corrected chi connectivity index (χ0v) is 20.9. The lowest BCUT2D eigenvalue weighted by Gasteiger charge is -2.38. The molecule has 10 heteroatoms. The van der Waals surface area contributed by atoms with Crippen molar-refractivity contribution in [2.45, 2.75) is 36.2 Å². The van der Waals surface area contributed by atoms with Crippen LogP contribution < -0.4 is 0 Å². The van der Waals surface area contributed by atoms with E-state index in [0.717, 1.165) is 30.4 Å². The molecular formula is C22H22Cl4N2O3S. The van der Waals surface area contributed by atoms with Crippen LogP contribution in [0.2, 0.25) is 10.0 Å². The lowest BCUT2D eigenvalue weighted by Crippen LogP contribution is -2.49. The molecule has 1 saturated heterocycles. The third kappa shape index (κ3) is 5.21. The molecule has 32 heavy (non-hydrogen) atoms. The Bertz CT molecular complexity index is 993. The monoisotopic (exact) mass is 534 g/mol. The highest BCUT2D eigenvalue weighted by Crippen LogP contribution is 2.41. The molecule has 0 bridgehead atoms. The predicted octanol–water partition coefficient (Wildman–Crippen LogP) is 5.34. The van der Waals surface area contributed by atoms with Gasteiger partial charge in [0.25, 0.3) is 5.91 Å². The van der Waals surface area contributed by atoms with Gasteiger partial charge in [0.2, 0.25) is 5.91 Å². The average Bonchev–Trinajstić information content (AvgIpc) is 3.44. The zero-order valence-electron chi connectivity index (χ0n) is 17.1. The Morgan fingerprint density at radius 3 is 2.72 bits per heavy atom. The molecule has 0 saturated carbocycles. The van der Waals surface area contributed by atoms with Gasteiger partial charge in [-0.15, -0.1) is 11.3 Å². The van der Waals surface area contributed by atoms with Crippen LogP contribution in [0.1, 0.15) is 34.9 Å². The third-order valence-electron chi connectivity index (χ3n) is 5.82. The third-order valence-corrected chi connectivity index (χ3v) is 7.75. The molecular weight excluding hydrogens is 514 g/mol. The highest BCUT2D eigenvalue weighted by molar-refractivity contribution is 7.10. The highest BCUT2D eigenvalue weighted by Gasteiger charge is 2.36. The van der Waals surface area contributed by atoms with Crippen molar-refractivity contribution in [3.05, 3.63) is 55.7 Å². The number of rotatable bonds is 6. The Hall–Kier alpha value is -1.02. The van der Waals surface area contributed by atoms with Gasteiger partial charge in [0.05, 0.1) is 18.7 Å². The van der Waals surface area contributed by atoms with Crippen molar-refractivity contribution in [2.75, 3.05) is 26.2 Å². The number of carbonyl (C=O) groups excluding carboxylic acids is 2. The Labute approximate surface area is 211 Å². The summed E-state index contributed by atoms with van der Waals surface area (Å²) < 4.78 is 5.66. The van der Waals surface area contributed by atoms with Gasteiger partial charge in [0.15, 0.2) is 4.84 Å². The topological polar surface area (TPSA) is 49.9 Å². The van der Waals surface area contributed by atoms with Crippen molar-refractivity contribution in [3.63, 3.8) is 0 Å². The molecule has 5 nitrogen and oxygen atoms in total. The molecule has 172 valence electrons. The molecule has 2 aliphatic rings. The number of alkyl halides is 2. The zero-order chi connectivity index (χ0) is 22.8. The number of carbonyl (C=O) groups is 2. The number of ether oxygens (including phenoxy) is 1. The van der Waals surface area contributed by atoms with Crippen molar-refractivity contribution in [2.24, 2.45) is 0 Å². The summed E-state index contributed by atoms with van der Waals surface area (Å²) in [7, 11) is 0. The summed E-state index contributed by atoms with van der Waals surface area (Å²) in [6.45, 7) is 1.32. The smallest absolute Gasteiger partial charge is 0.256 e. The number of halogens is 4. The van der Waals surface area contributed by atoms with Crippen LogP contribution in [-0.2, 0) is 20.7 Å². The second kappa shape index (κ2) is 10.5. The first-order chi connectivity index (χ1) is 15.3. The van der Waals surface area contributed by atoms with E-state index < -0.39 is 10.7 Å². The van der Waals surface area contributed by atoms with E-state index in [4.69, 9.17) is 51.1 Å². The van der Waals surface area contributed by atoms with E-state index in [1.54, 1.807) is 28.4 Å². The van der Waals surface area contributed by atoms with E-state index in [-0.39, 0.29) is 31.1 Å². The summed E-state index contributed by atoms with van der Waals surface area (Å²) in [5, 5.41) is 3.05. The van der Waals surface area contributed by atoms with Crippen LogP contribution in [0.5, 0.6) is 0 Å². The van der Waals surface area contributed by atoms with Gasteiger partial charge in [-0.1, -0.05) is 52.5 Å². The molecule has 1 aromatic carbocycles. The minimum absolute atomic E-state index is 0.120. The number of fused-ring (bicyclic) bond motifs is 1. The van der Waals surface area contributed by atoms with Crippen molar-refractivity contribution in [1.82, 2.24) is 9.80 Å². The van der Waals surface area contributed by atoms with Crippen LogP contribution in [0.25, 0.3) is 0 Å². The van der Waals surface area contributed by atoms with Gasteiger partial charge >= 0.3 is 0 Å². The lowest BCUT2D eigenvalue weighted by molar-refractivity contribution is -0.142. The molecule has 4 rings (SSSR count). The van der Waals surface area contributed by atoms with Crippen molar-refractivity contribution in [1.29, 1.82) is 0 Å². The summed E-state index contributed by atoms with van der Waals surface area (Å²) in [4.78, 5) is 29.4. The molecule has 0 aliphatic carbocycles. The van der Waals surface area contributed by atoms with Gasteiger partial charge in [-0.05, 0) is 54.0 Å². The Balaban J connectivity index is 1.62. The number of hydrogen-bond acceptors (Lipinski definition) is 4. The SMILES string of the molecule is O=C(C(Cl)Cl)N(CC(=O)N1CCc2sccc2C1c1ccc(Cl)cc1Cl)CC1CCCO1. The number of amides is 2. The van der Waals surface area contributed by atoms with Crippen molar-refractivity contribution < 1.29 is 14.3 Å². The van der Waals surface area contributed by atoms with Gasteiger partial charge in [-0.25, -0.2) is 0 Å². The molecule has 0 spiro atoms. The van der Waals surface area contributed by atoms with E-state index in [2.05, 4.69) is 0 Å². The fraction of sp³-hybridized carbons (Fsp3) is 0.455. The number of hydrogen-bond donors (Lipinski definition) is 0. The van der Waals surface area contributed by atoms with E-state index in [9.17, 15) is 9.59 Å². The Kier molecular flexibility index (Phi) is 7.91. The standard InChI is InChI=1S/C22H22Cl4N2O3S/c23-13-3-4-15(17(24)10-13)20-16-6-9-32-18(16)5-7-28(20)19(29)12-27(22(30)21(25)26)11-14-2-1-8-31-14/h3-4,6,9-10,14,20-21H,1-2,5,7-8,11-12H2. The summed E-state index contributed by atoms with van der Waals surface area (Å²) >= 11 is 26.1. The minimum Gasteiger partial charge on any atom is -0.376 e. The summed E-state index contributed by atoms with van der Waals surface area (Å²) in [5.41, 5.74) is 1.84. The minimum atomic E-state index is -1.24. The van der Waals surface area contributed by atoms with Gasteiger partial charge in [-0.2, -0.15) is 0 Å². The number of benzene rings is 1. The molecule has 2 unspecified atom stereocenters. The first-order valence-electron chi connectivity index (χ1n) is 10.3. The van der Waals surface area contributed by atoms with Crippen LogP contribution in [0.4, 0.5) is 0 Å². The molecule has 2 aromatic rings. The van der Waals surface area contributed by atoms with Gasteiger partial charge in [0, 0.05) is 34.6 Å². The number of nitrogens with zero attached hydrogens (tertiary/aromatic N) is 2. The lowest BCUT2D eigenvalue weighted by atomic mass is 9.93. The normalized spacial score (nSPS) is 20.5. The highest BCUT2D eigenvalue weighted by atomic mass is 35.5. The molecule has 0 N–H and O–H groups in total. The predicted molar refractivity (Wildman–Crippen MR) is 129 cm³/mol. The van der Waals surface area contributed by atoms with Crippen molar-refractivity contribution in [3.8, 4) is 0 Å². The largest absolute Gasteiger partial charge is 0.376 e. The van der Waals surface area contributed by atoms with Crippen LogP contribution in [-0.4, -0.2) is 58.8 Å². The maximum absolute atomic E-state index is 13.5. The maximum Gasteiger partial charge on any atom is 0.256 e. The van der Waals surface area contributed by atoms with E-state index in [0.29, 0.717) is 23.2 Å². The second-order valence-corrected chi connectivity index (χ2v) is 10.8. The van der Waals surface area contributed by atoms with Gasteiger partial charge in [0.1, 0.15) is 0 Å². The molecule has 3 heterocycles. The van der Waals surface area contributed by atoms with Crippen molar-refractivity contribution >= 4 is 69.6 Å². The van der Waals surface area contributed by atoms with Crippen LogP contribution in [0.15, 0.2) is 29.6 Å².